The van der Waals surface area contributed by atoms with Gasteiger partial charge in [-0.2, -0.15) is 0 Å². The smallest absolute Gasteiger partial charge is 0.232 e. The van der Waals surface area contributed by atoms with Crippen LogP contribution in [0.15, 0.2) is 52.5 Å². The van der Waals surface area contributed by atoms with Crippen molar-refractivity contribution < 1.29 is 13.9 Å². The van der Waals surface area contributed by atoms with E-state index in [1.165, 1.54) is 36.3 Å². The van der Waals surface area contributed by atoms with Gasteiger partial charge in [0.05, 0.1) is 25.1 Å². The van der Waals surface area contributed by atoms with Gasteiger partial charge in [-0.25, -0.2) is 15.4 Å². The van der Waals surface area contributed by atoms with Gasteiger partial charge in [0.1, 0.15) is 11.6 Å². The van der Waals surface area contributed by atoms with Crippen molar-refractivity contribution in [1.82, 2.24) is 9.84 Å². The zero-order chi connectivity index (χ0) is 19.8. The Kier molecular flexibility index (Phi) is 7.41. The van der Waals surface area contributed by atoms with Crippen molar-refractivity contribution >= 4 is 23.7 Å². The first kappa shape index (κ1) is 20.5. The summed E-state index contributed by atoms with van der Waals surface area (Å²) < 4.78 is 21.1. The maximum absolute atomic E-state index is 12.9. The van der Waals surface area contributed by atoms with Crippen LogP contribution in [-0.2, 0) is 11.3 Å². The van der Waals surface area contributed by atoms with E-state index in [1.807, 2.05) is 0 Å². The second-order valence-electron chi connectivity index (χ2n) is 5.46. The molecular formula is C17H21FN6O2S. The summed E-state index contributed by atoms with van der Waals surface area (Å²) in [6.07, 6.45) is 0. The lowest BCUT2D eigenvalue weighted by Crippen LogP contribution is -2.29. The molecule has 0 unspecified atom stereocenters. The zero-order valence-electron chi connectivity index (χ0n) is 14.7. The fourth-order valence-corrected chi connectivity index (χ4v) is 2.85. The normalized spacial score (nSPS) is 11.3. The van der Waals surface area contributed by atoms with Gasteiger partial charge in [-0.3, -0.25) is 9.52 Å². The number of amides is 1. The minimum Gasteiger partial charge on any atom is -0.496 e. The standard InChI is InChI=1S/C17H21FN6O2S/c1-26-14-8-12(4-7-15(14)27-22-9-16(19)25)17(20)23-24(21)10-11-2-5-13(18)6-3-11/h2-8,22H,9-10,21H2,1H3,(H2,19,25)(H2,20,23). The quantitative estimate of drug-likeness (QED) is 0.164. The minimum absolute atomic E-state index is 0.0324. The number of carbonyl (C=O) groups excluding carboxylic acids is 1. The van der Waals surface area contributed by atoms with Crippen LogP contribution in [0.25, 0.3) is 0 Å². The number of benzene rings is 2. The molecule has 1 amide bonds. The summed E-state index contributed by atoms with van der Waals surface area (Å²) in [5, 5.41) is 5.30. The van der Waals surface area contributed by atoms with E-state index in [4.69, 9.17) is 22.0 Å². The van der Waals surface area contributed by atoms with Crippen LogP contribution in [0.4, 0.5) is 4.39 Å². The van der Waals surface area contributed by atoms with Gasteiger partial charge in [0, 0.05) is 5.56 Å². The van der Waals surface area contributed by atoms with E-state index in [1.54, 1.807) is 30.3 Å². The molecule has 10 heteroatoms. The number of hydrazine groups is 1. The Morgan fingerprint density at radius 3 is 2.59 bits per heavy atom. The summed E-state index contributed by atoms with van der Waals surface area (Å²) in [6.45, 7) is 0.299. The number of amidine groups is 1. The molecule has 144 valence electrons. The van der Waals surface area contributed by atoms with Crippen molar-refractivity contribution in [3.05, 3.63) is 59.4 Å². The van der Waals surface area contributed by atoms with Crippen LogP contribution in [0.2, 0.25) is 0 Å². The summed E-state index contributed by atoms with van der Waals surface area (Å²) >= 11 is 1.21. The molecule has 0 fully saturated rings. The second-order valence-corrected chi connectivity index (χ2v) is 6.40. The highest BCUT2D eigenvalue weighted by molar-refractivity contribution is 7.97. The van der Waals surface area contributed by atoms with E-state index in [2.05, 4.69) is 9.82 Å². The lowest BCUT2D eigenvalue weighted by Gasteiger charge is -2.15. The largest absolute Gasteiger partial charge is 0.496 e. The Morgan fingerprint density at radius 1 is 1.26 bits per heavy atom. The molecule has 0 aliphatic carbocycles. The summed E-state index contributed by atoms with van der Waals surface area (Å²) in [5.41, 5.74) is 12.5. The van der Waals surface area contributed by atoms with Gasteiger partial charge >= 0.3 is 0 Å². The number of nitrogens with one attached hydrogen (secondary N) is 1. The van der Waals surface area contributed by atoms with E-state index in [0.717, 1.165) is 10.5 Å². The van der Waals surface area contributed by atoms with Crippen LogP contribution in [0, 0.1) is 5.82 Å². The molecule has 7 N–H and O–H groups in total. The maximum Gasteiger partial charge on any atom is 0.232 e. The number of halogens is 1. The van der Waals surface area contributed by atoms with Crippen molar-refractivity contribution in [3.8, 4) is 5.75 Å². The molecule has 8 nitrogen and oxygen atoms in total. The fourth-order valence-electron chi connectivity index (χ4n) is 2.10. The van der Waals surface area contributed by atoms with Gasteiger partial charge in [0.25, 0.3) is 0 Å². The Hall–Kier alpha value is -2.82. The van der Waals surface area contributed by atoms with E-state index in [-0.39, 0.29) is 24.7 Å². The molecule has 0 saturated heterocycles. The molecule has 0 bridgehead atoms. The molecule has 2 rings (SSSR count). The average Bonchev–Trinajstić information content (AvgIpc) is 2.63. The summed E-state index contributed by atoms with van der Waals surface area (Å²) in [4.78, 5) is 11.5. The van der Waals surface area contributed by atoms with Crippen LogP contribution < -0.4 is 26.8 Å². The van der Waals surface area contributed by atoms with Crippen molar-refractivity contribution in [2.45, 2.75) is 11.4 Å². The first-order valence-electron chi connectivity index (χ1n) is 7.86. The Bertz CT molecular complexity index is 816. The zero-order valence-corrected chi connectivity index (χ0v) is 15.5. The highest BCUT2D eigenvalue weighted by Crippen LogP contribution is 2.28. The molecule has 0 spiro atoms. The van der Waals surface area contributed by atoms with E-state index in [9.17, 15) is 9.18 Å². The Labute approximate surface area is 160 Å². The number of methoxy groups -OCH3 is 1. The van der Waals surface area contributed by atoms with Crippen molar-refractivity contribution in [2.75, 3.05) is 13.7 Å². The topological polar surface area (TPSA) is 132 Å². The molecule has 0 atom stereocenters. The molecule has 2 aromatic rings. The van der Waals surface area contributed by atoms with E-state index in [0.29, 0.717) is 11.3 Å². The second kappa shape index (κ2) is 9.76. The highest BCUT2D eigenvalue weighted by Gasteiger charge is 2.09. The number of primary amides is 1. The van der Waals surface area contributed by atoms with Crippen molar-refractivity contribution in [2.24, 2.45) is 22.4 Å². The molecule has 0 aliphatic rings. The first-order chi connectivity index (χ1) is 12.9. The SMILES string of the molecule is COc1cc(/C(N)=N/N(N)Cc2ccc(F)cc2)ccc1SNCC(N)=O. The molecule has 0 saturated carbocycles. The van der Waals surface area contributed by atoms with Gasteiger partial charge in [-0.05, 0) is 47.8 Å². The molecular weight excluding hydrogens is 371 g/mol. The number of hydrazone groups is 1. The van der Waals surface area contributed by atoms with Crippen LogP contribution >= 0.6 is 11.9 Å². The monoisotopic (exact) mass is 392 g/mol. The average molecular weight is 392 g/mol. The van der Waals surface area contributed by atoms with Gasteiger partial charge in [-0.15, -0.1) is 5.10 Å². The molecule has 0 heterocycles. The number of nitrogens with zero attached hydrogens (tertiary/aromatic N) is 2. The number of ether oxygens (including phenoxy) is 1. The lowest BCUT2D eigenvalue weighted by atomic mass is 10.2. The molecule has 0 aromatic heterocycles. The number of nitrogens with two attached hydrogens (primary N) is 3. The van der Waals surface area contributed by atoms with Crippen LogP contribution in [-0.4, -0.2) is 30.5 Å². The first-order valence-corrected chi connectivity index (χ1v) is 8.68. The van der Waals surface area contributed by atoms with Gasteiger partial charge in [0.15, 0.2) is 5.84 Å². The Balaban J connectivity index is 2.07. The van der Waals surface area contributed by atoms with Crippen LogP contribution in [0.5, 0.6) is 5.75 Å². The summed E-state index contributed by atoms with van der Waals surface area (Å²) in [6, 6.07) is 11.2. The van der Waals surface area contributed by atoms with Crippen LogP contribution in [0.1, 0.15) is 11.1 Å². The number of hydrogen-bond acceptors (Lipinski definition) is 7. The van der Waals surface area contributed by atoms with Gasteiger partial charge in [-0.1, -0.05) is 12.1 Å². The van der Waals surface area contributed by atoms with Gasteiger partial charge in [0.2, 0.25) is 5.91 Å². The number of rotatable bonds is 9. The number of hydrogen-bond donors (Lipinski definition) is 4. The summed E-state index contributed by atoms with van der Waals surface area (Å²) in [5.74, 6) is 5.83. The maximum atomic E-state index is 12.9. The third kappa shape index (κ3) is 6.44. The molecule has 0 aliphatic heterocycles. The van der Waals surface area contributed by atoms with Crippen LogP contribution in [0.3, 0.4) is 0 Å². The lowest BCUT2D eigenvalue weighted by molar-refractivity contribution is -0.116. The Morgan fingerprint density at radius 2 is 1.96 bits per heavy atom. The van der Waals surface area contributed by atoms with Crippen molar-refractivity contribution in [1.29, 1.82) is 0 Å². The number of carbonyl (C=O) groups is 1. The molecule has 27 heavy (non-hydrogen) atoms. The minimum atomic E-state index is -0.460. The third-order valence-electron chi connectivity index (χ3n) is 3.38. The van der Waals surface area contributed by atoms with Crippen molar-refractivity contribution in [3.63, 3.8) is 0 Å². The molecule has 0 radical (unpaired) electrons. The predicted octanol–water partition coefficient (Wildman–Crippen LogP) is 0.912. The van der Waals surface area contributed by atoms with E-state index >= 15 is 0 Å². The third-order valence-corrected chi connectivity index (χ3v) is 4.23. The fraction of sp³-hybridized carbons (Fsp3) is 0.176. The van der Waals surface area contributed by atoms with Gasteiger partial charge < -0.3 is 16.2 Å². The van der Waals surface area contributed by atoms with E-state index < -0.39 is 5.91 Å². The highest BCUT2D eigenvalue weighted by atomic mass is 32.2. The molecule has 2 aromatic carbocycles. The summed E-state index contributed by atoms with van der Waals surface area (Å²) in [7, 11) is 1.52. The predicted molar refractivity (Wildman–Crippen MR) is 103 cm³/mol.